The van der Waals surface area contributed by atoms with Crippen LogP contribution in [0.4, 0.5) is 4.39 Å². The number of carbonyl (C=O) groups is 2. The van der Waals surface area contributed by atoms with Crippen LogP contribution in [0.2, 0.25) is 0 Å². The molecule has 0 aromatic heterocycles. The highest BCUT2D eigenvalue weighted by Gasteiger charge is 2.30. The molecule has 2 rings (SSSR count). The summed E-state index contributed by atoms with van der Waals surface area (Å²) in [4.78, 5) is 26.1. The lowest BCUT2D eigenvalue weighted by molar-refractivity contribution is -0.140. The summed E-state index contributed by atoms with van der Waals surface area (Å²) in [6.07, 6.45) is 2.79. The number of ether oxygens (including phenoxy) is 1. The molecular formula is C18H25FN2O5S. The van der Waals surface area contributed by atoms with Crippen molar-refractivity contribution in [3.63, 3.8) is 0 Å². The molecule has 0 N–H and O–H groups in total. The van der Waals surface area contributed by atoms with Gasteiger partial charge in [0.2, 0.25) is 10.0 Å². The molecule has 1 saturated heterocycles. The summed E-state index contributed by atoms with van der Waals surface area (Å²) in [7, 11) is -1.17. The smallest absolute Gasteiger partial charge is 0.341 e. The Morgan fingerprint density at radius 1 is 1.22 bits per heavy atom. The van der Waals surface area contributed by atoms with Crippen LogP contribution in [0.1, 0.15) is 43.5 Å². The topological polar surface area (TPSA) is 84.0 Å². The number of benzene rings is 1. The molecule has 0 unspecified atom stereocenters. The predicted octanol–water partition coefficient (Wildman–Crippen LogP) is 2.02. The Balaban J connectivity index is 2.13. The number of esters is 1. The van der Waals surface area contributed by atoms with Crippen LogP contribution in [0.3, 0.4) is 0 Å². The van der Waals surface area contributed by atoms with Crippen LogP contribution in [0.5, 0.6) is 0 Å². The molecule has 27 heavy (non-hydrogen) atoms. The zero-order valence-electron chi connectivity index (χ0n) is 15.9. The molecule has 0 radical (unpaired) electrons. The Morgan fingerprint density at radius 2 is 1.81 bits per heavy atom. The number of carbonyl (C=O) groups excluding carboxylic acids is 2. The van der Waals surface area contributed by atoms with Gasteiger partial charge < -0.3 is 9.64 Å². The number of sulfonamides is 1. The molecule has 1 aliphatic heterocycles. The lowest BCUT2D eigenvalue weighted by atomic mass is 9.97. The van der Waals surface area contributed by atoms with Gasteiger partial charge in [0.25, 0.3) is 5.91 Å². The second kappa shape index (κ2) is 8.35. The quantitative estimate of drug-likeness (QED) is 0.706. The minimum atomic E-state index is -3.83. The summed E-state index contributed by atoms with van der Waals surface area (Å²) in [5, 5.41) is 0. The molecule has 1 fully saturated rings. The fourth-order valence-electron chi connectivity index (χ4n) is 3.22. The van der Waals surface area contributed by atoms with Gasteiger partial charge in [-0.25, -0.2) is 21.9 Å². The number of rotatable bonds is 5. The van der Waals surface area contributed by atoms with Crippen molar-refractivity contribution in [1.82, 2.24) is 9.21 Å². The standard InChI is InChI=1S/C18H25FN2O5S/c1-12-6-5-7-13(2)21(12)17(22)11-26-18(23)15-10-14(8-9-16(15)19)27(24,25)20(3)4/h8-10,12-13H,5-7,11H2,1-4H3/t12-,13-/m1/s1. The third-order valence-corrected chi connectivity index (χ3v) is 6.56. The fraction of sp³-hybridized carbons (Fsp3) is 0.556. The molecule has 0 bridgehead atoms. The molecule has 0 aliphatic carbocycles. The van der Waals surface area contributed by atoms with Crippen LogP contribution in [0, 0.1) is 5.82 Å². The average molecular weight is 400 g/mol. The van der Waals surface area contributed by atoms with Gasteiger partial charge in [0.05, 0.1) is 10.5 Å². The van der Waals surface area contributed by atoms with Gasteiger partial charge in [-0.2, -0.15) is 0 Å². The van der Waals surface area contributed by atoms with Crippen LogP contribution in [0.25, 0.3) is 0 Å². The number of piperidine rings is 1. The third-order valence-electron chi connectivity index (χ3n) is 4.74. The number of nitrogens with zero attached hydrogens (tertiary/aromatic N) is 2. The van der Waals surface area contributed by atoms with Crippen LogP contribution in [-0.2, 0) is 19.6 Å². The van der Waals surface area contributed by atoms with Gasteiger partial charge >= 0.3 is 5.97 Å². The molecule has 150 valence electrons. The molecule has 1 heterocycles. The van der Waals surface area contributed by atoms with Gasteiger partial charge in [0.15, 0.2) is 6.61 Å². The highest BCUT2D eigenvalue weighted by Crippen LogP contribution is 2.23. The molecule has 1 aliphatic rings. The molecule has 0 saturated carbocycles. The van der Waals surface area contributed by atoms with E-state index in [1.54, 1.807) is 4.90 Å². The molecular weight excluding hydrogens is 375 g/mol. The molecule has 9 heteroatoms. The van der Waals surface area contributed by atoms with Crippen LogP contribution < -0.4 is 0 Å². The fourth-order valence-corrected chi connectivity index (χ4v) is 4.15. The maximum absolute atomic E-state index is 14.0. The number of hydrogen-bond acceptors (Lipinski definition) is 5. The van der Waals surface area contributed by atoms with E-state index in [1.807, 2.05) is 13.8 Å². The first-order chi connectivity index (χ1) is 12.6. The first-order valence-electron chi connectivity index (χ1n) is 8.76. The summed E-state index contributed by atoms with van der Waals surface area (Å²) >= 11 is 0. The minimum absolute atomic E-state index is 0.0465. The van der Waals surface area contributed by atoms with Crippen LogP contribution in [0.15, 0.2) is 23.1 Å². The van der Waals surface area contributed by atoms with Crippen molar-refractivity contribution in [3.05, 3.63) is 29.6 Å². The van der Waals surface area contributed by atoms with Crippen molar-refractivity contribution in [2.75, 3.05) is 20.7 Å². The Hall–Kier alpha value is -2.00. The Kier molecular flexibility index (Phi) is 6.59. The zero-order chi connectivity index (χ0) is 20.4. The lowest BCUT2D eigenvalue weighted by Crippen LogP contribution is -2.49. The van der Waals surface area contributed by atoms with Crippen LogP contribution >= 0.6 is 0 Å². The Morgan fingerprint density at radius 3 is 2.37 bits per heavy atom. The monoisotopic (exact) mass is 400 g/mol. The van der Waals surface area contributed by atoms with Crippen molar-refractivity contribution in [2.24, 2.45) is 0 Å². The highest BCUT2D eigenvalue weighted by molar-refractivity contribution is 7.89. The van der Waals surface area contributed by atoms with E-state index in [1.165, 1.54) is 14.1 Å². The minimum Gasteiger partial charge on any atom is -0.452 e. The van der Waals surface area contributed by atoms with Crippen molar-refractivity contribution < 1.29 is 27.1 Å². The maximum Gasteiger partial charge on any atom is 0.341 e. The van der Waals surface area contributed by atoms with Crippen molar-refractivity contribution >= 4 is 21.9 Å². The van der Waals surface area contributed by atoms with Gasteiger partial charge in [-0.05, 0) is 51.3 Å². The van der Waals surface area contributed by atoms with Gasteiger partial charge in [-0.1, -0.05) is 0 Å². The van der Waals surface area contributed by atoms with E-state index >= 15 is 0 Å². The summed E-state index contributed by atoms with van der Waals surface area (Å²) in [5.74, 6) is -2.33. The van der Waals surface area contributed by atoms with Gasteiger partial charge in [0, 0.05) is 26.2 Å². The second-order valence-electron chi connectivity index (χ2n) is 6.94. The van der Waals surface area contributed by atoms with Gasteiger partial charge in [0.1, 0.15) is 5.82 Å². The van der Waals surface area contributed by atoms with E-state index < -0.39 is 34.0 Å². The largest absolute Gasteiger partial charge is 0.452 e. The maximum atomic E-state index is 14.0. The third kappa shape index (κ3) is 4.65. The summed E-state index contributed by atoms with van der Waals surface area (Å²) < 4.78 is 44.2. The summed E-state index contributed by atoms with van der Waals surface area (Å²) in [5.41, 5.74) is -0.523. The summed E-state index contributed by atoms with van der Waals surface area (Å²) in [6.45, 7) is 3.35. The van der Waals surface area contributed by atoms with E-state index in [4.69, 9.17) is 4.74 Å². The van der Waals surface area contributed by atoms with E-state index in [0.717, 1.165) is 41.8 Å². The van der Waals surface area contributed by atoms with Crippen molar-refractivity contribution in [1.29, 1.82) is 0 Å². The van der Waals surface area contributed by atoms with E-state index in [0.29, 0.717) is 0 Å². The first-order valence-corrected chi connectivity index (χ1v) is 10.2. The van der Waals surface area contributed by atoms with Crippen molar-refractivity contribution in [2.45, 2.75) is 50.1 Å². The number of likely N-dealkylation sites (tertiary alicyclic amines) is 1. The molecule has 0 spiro atoms. The highest BCUT2D eigenvalue weighted by atomic mass is 32.2. The molecule has 7 nitrogen and oxygen atoms in total. The normalized spacial score (nSPS) is 20.6. The zero-order valence-corrected chi connectivity index (χ0v) is 16.8. The molecule has 1 aromatic rings. The summed E-state index contributed by atoms with van der Waals surface area (Å²) in [6, 6.07) is 2.98. The molecule has 1 aromatic carbocycles. The number of hydrogen-bond donors (Lipinski definition) is 0. The van der Waals surface area contributed by atoms with Gasteiger partial charge in [-0.3, -0.25) is 4.79 Å². The molecule has 1 amide bonds. The second-order valence-corrected chi connectivity index (χ2v) is 9.09. The first kappa shape index (κ1) is 21.3. The Bertz CT molecular complexity index is 815. The average Bonchev–Trinajstić information content (AvgIpc) is 2.59. The SMILES string of the molecule is C[C@@H]1CCC[C@@H](C)N1C(=O)COC(=O)c1cc(S(=O)(=O)N(C)C)ccc1F. The van der Waals surface area contributed by atoms with Crippen LogP contribution in [-0.4, -0.2) is 62.3 Å². The van der Waals surface area contributed by atoms with Gasteiger partial charge in [-0.15, -0.1) is 0 Å². The van der Waals surface area contributed by atoms with Crippen molar-refractivity contribution in [3.8, 4) is 0 Å². The van der Waals surface area contributed by atoms with E-state index in [-0.39, 0.29) is 22.9 Å². The van der Waals surface area contributed by atoms with E-state index in [9.17, 15) is 22.4 Å². The lowest BCUT2D eigenvalue weighted by Gasteiger charge is -2.38. The number of halogens is 1. The molecule has 2 atom stereocenters. The van der Waals surface area contributed by atoms with E-state index in [2.05, 4.69) is 0 Å². The Labute approximate surface area is 159 Å². The number of amides is 1. The predicted molar refractivity (Wildman–Crippen MR) is 97.2 cm³/mol.